The molecule has 0 saturated heterocycles. The van der Waals surface area contributed by atoms with Gasteiger partial charge in [0.2, 0.25) is 5.91 Å². The zero-order valence-corrected chi connectivity index (χ0v) is 12.3. The summed E-state index contributed by atoms with van der Waals surface area (Å²) in [5.74, 6) is -0.295. The molecule has 6 nitrogen and oxygen atoms in total. The van der Waals surface area contributed by atoms with Gasteiger partial charge in [-0.1, -0.05) is 20.3 Å². The summed E-state index contributed by atoms with van der Waals surface area (Å²) >= 11 is 3.08. The van der Waals surface area contributed by atoms with Crippen molar-refractivity contribution in [3.05, 3.63) is 32.8 Å². The minimum Gasteiger partial charge on any atom is -0.324 e. The number of nitrogens with two attached hydrogens (primary N) is 1. The third-order valence-corrected chi connectivity index (χ3v) is 3.64. The average molecular weight is 330 g/mol. The normalized spacial score (nSPS) is 13.7. The van der Waals surface area contributed by atoms with Crippen LogP contribution in [0.3, 0.4) is 0 Å². The Morgan fingerprint density at radius 3 is 2.74 bits per heavy atom. The van der Waals surface area contributed by atoms with E-state index in [-0.39, 0.29) is 17.5 Å². The summed E-state index contributed by atoms with van der Waals surface area (Å²) < 4.78 is 0.363. The number of nitro benzene ring substituents is 1. The number of nitrogens with one attached hydrogen (secondary N) is 1. The number of nitro groups is 1. The first-order valence-electron chi connectivity index (χ1n) is 5.87. The molecule has 0 spiro atoms. The van der Waals surface area contributed by atoms with E-state index in [1.54, 1.807) is 6.07 Å². The van der Waals surface area contributed by atoms with Gasteiger partial charge in [0.1, 0.15) is 0 Å². The van der Waals surface area contributed by atoms with E-state index in [0.717, 1.165) is 6.42 Å². The Bertz CT molecular complexity index is 493. The van der Waals surface area contributed by atoms with Crippen LogP contribution in [0.1, 0.15) is 20.3 Å². The van der Waals surface area contributed by atoms with E-state index in [4.69, 9.17) is 5.73 Å². The Labute approximate surface area is 119 Å². The molecule has 0 heterocycles. The molecule has 0 radical (unpaired) electrons. The van der Waals surface area contributed by atoms with Gasteiger partial charge in [0.25, 0.3) is 5.69 Å². The molecule has 104 valence electrons. The largest absolute Gasteiger partial charge is 0.324 e. The van der Waals surface area contributed by atoms with Crippen molar-refractivity contribution in [1.82, 2.24) is 0 Å². The third-order valence-electron chi connectivity index (χ3n) is 2.97. The summed E-state index contributed by atoms with van der Waals surface area (Å²) in [5, 5.41) is 13.4. The van der Waals surface area contributed by atoms with Gasteiger partial charge in [-0.05, 0) is 34.0 Å². The van der Waals surface area contributed by atoms with Crippen molar-refractivity contribution in [2.75, 3.05) is 5.32 Å². The highest BCUT2D eigenvalue weighted by molar-refractivity contribution is 9.10. The number of anilines is 1. The van der Waals surface area contributed by atoms with Gasteiger partial charge in [0, 0.05) is 11.8 Å². The van der Waals surface area contributed by atoms with E-state index in [0.29, 0.717) is 10.2 Å². The van der Waals surface area contributed by atoms with Crippen molar-refractivity contribution in [1.29, 1.82) is 0 Å². The van der Waals surface area contributed by atoms with Crippen molar-refractivity contribution in [3.63, 3.8) is 0 Å². The maximum absolute atomic E-state index is 11.9. The summed E-state index contributed by atoms with van der Waals surface area (Å²) in [6.07, 6.45) is 0.787. The van der Waals surface area contributed by atoms with Gasteiger partial charge in [0.15, 0.2) is 0 Å². The van der Waals surface area contributed by atoms with E-state index in [1.165, 1.54) is 12.1 Å². The third kappa shape index (κ3) is 4.00. The van der Waals surface area contributed by atoms with Gasteiger partial charge >= 0.3 is 0 Å². The van der Waals surface area contributed by atoms with Crippen LogP contribution < -0.4 is 11.1 Å². The number of carbonyl (C=O) groups excluding carboxylic acids is 1. The molecule has 0 aromatic heterocycles. The fourth-order valence-corrected chi connectivity index (χ4v) is 1.86. The SMILES string of the molecule is CCC(C)C(N)C(=O)Nc1ccc(Br)c([N+](=O)[O-])c1. The van der Waals surface area contributed by atoms with Crippen LogP contribution in [0.25, 0.3) is 0 Å². The molecule has 0 bridgehead atoms. The summed E-state index contributed by atoms with van der Waals surface area (Å²) in [6.45, 7) is 3.83. The summed E-state index contributed by atoms with van der Waals surface area (Å²) in [6, 6.07) is 3.76. The molecule has 0 aliphatic heterocycles. The number of carbonyl (C=O) groups is 1. The first-order valence-corrected chi connectivity index (χ1v) is 6.66. The van der Waals surface area contributed by atoms with E-state index < -0.39 is 11.0 Å². The molecule has 0 saturated carbocycles. The molecule has 0 aliphatic carbocycles. The highest BCUT2D eigenvalue weighted by Crippen LogP contribution is 2.27. The quantitative estimate of drug-likeness (QED) is 0.640. The Hall–Kier alpha value is -1.47. The highest BCUT2D eigenvalue weighted by Gasteiger charge is 2.20. The number of hydrogen-bond acceptors (Lipinski definition) is 4. The zero-order chi connectivity index (χ0) is 14.6. The van der Waals surface area contributed by atoms with Gasteiger partial charge < -0.3 is 11.1 Å². The highest BCUT2D eigenvalue weighted by atomic mass is 79.9. The van der Waals surface area contributed by atoms with Gasteiger partial charge in [-0.2, -0.15) is 0 Å². The number of rotatable bonds is 5. The van der Waals surface area contributed by atoms with Crippen molar-refractivity contribution in [2.24, 2.45) is 11.7 Å². The lowest BCUT2D eigenvalue weighted by Crippen LogP contribution is -2.40. The second-order valence-corrected chi connectivity index (χ2v) is 5.18. The molecule has 1 rings (SSSR count). The van der Waals surface area contributed by atoms with E-state index in [1.807, 2.05) is 13.8 Å². The predicted octanol–water partition coefficient (Wildman–Crippen LogP) is 2.67. The van der Waals surface area contributed by atoms with Crippen LogP contribution >= 0.6 is 15.9 Å². The van der Waals surface area contributed by atoms with E-state index in [2.05, 4.69) is 21.2 Å². The molecule has 0 aliphatic rings. The van der Waals surface area contributed by atoms with Gasteiger partial charge in [-0.3, -0.25) is 14.9 Å². The standard InChI is InChI=1S/C12H16BrN3O3/c1-3-7(2)11(14)12(17)15-8-4-5-9(13)10(6-8)16(18)19/h4-7,11H,3,14H2,1-2H3,(H,15,17). The lowest BCUT2D eigenvalue weighted by Gasteiger charge is -2.17. The van der Waals surface area contributed by atoms with Crippen LogP contribution in [0.4, 0.5) is 11.4 Å². The molecule has 2 unspecified atom stereocenters. The van der Waals surface area contributed by atoms with Crippen LogP contribution in [-0.4, -0.2) is 16.9 Å². The molecule has 1 aromatic carbocycles. The maximum Gasteiger partial charge on any atom is 0.285 e. The number of halogens is 1. The second kappa shape index (κ2) is 6.63. The van der Waals surface area contributed by atoms with E-state index in [9.17, 15) is 14.9 Å². The molecule has 7 heteroatoms. The molecule has 19 heavy (non-hydrogen) atoms. The Morgan fingerprint density at radius 1 is 1.58 bits per heavy atom. The number of hydrogen-bond donors (Lipinski definition) is 2. The van der Waals surface area contributed by atoms with Gasteiger partial charge in [-0.25, -0.2) is 0 Å². The Morgan fingerprint density at radius 2 is 2.21 bits per heavy atom. The van der Waals surface area contributed by atoms with Crippen LogP contribution in [0.5, 0.6) is 0 Å². The minimum absolute atomic E-state index is 0.0467. The smallest absolute Gasteiger partial charge is 0.285 e. The lowest BCUT2D eigenvalue weighted by molar-refractivity contribution is -0.385. The maximum atomic E-state index is 11.9. The zero-order valence-electron chi connectivity index (χ0n) is 10.7. The van der Waals surface area contributed by atoms with Crippen molar-refractivity contribution < 1.29 is 9.72 Å². The summed E-state index contributed by atoms with van der Waals surface area (Å²) in [4.78, 5) is 22.1. The first-order chi connectivity index (χ1) is 8.86. The number of benzene rings is 1. The average Bonchev–Trinajstić information content (AvgIpc) is 2.38. The van der Waals surface area contributed by atoms with Gasteiger partial charge in [-0.15, -0.1) is 0 Å². The Balaban J connectivity index is 2.86. The Kier molecular flexibility index (Phi) is 5.44. The fraction of sp³-hybridized carbons (Fsp3) is 0.417. The molecule has 1 amide bonds. The van der Waals surface area contributed by atoms with Crippen LogP contribution in [0.2, 0.25) is 0 Å². The minimum atomic E-state index is -0.632. The van der Waals surface area contributed by atoms with Crippen LogP contribution in [0, 0.1) is 16.0 Å². The monoisotopic (exact) mass is 329 g/mol. The molecule has 3 N–H and O–H groups in total. The van der Waals surface area contributed by atoms with Crippen LogP contribution in [-0.2, 0) is 4.79 Å². The van der Waals surface area contributed by atoms with Crippen molar-refractivity contribution >= 4 is 33.2 Å². The van der Waals surface area contributed by atoms with Crippen LogP contribution in [0.15, 0.2) is 22.7 Å². The van der Waals surface area contributed by atoms with Crippen molar-refractivity contribution in [3.8, 4) is 0 Å². The summed E-state index contributed by atoms with van der Waals surface area (Å²) in [5.41, 5.74) is 6.05. The first kappa shape index (κ1) is 15.6. The van der Waals surface area contributed by atoms with Gasteiger partial charge in [0.05, 0.1) is 15.4 Å². The van der Waals surface area contributed by atoms with E-state index >= 15 is 0 Å². The molecular formula is C12H16BrN3O3. The predicted molar refractivity (Wildman–Crippen MR) is 76.9 cm³/mol. The molecule has 0 fully saturated rings. The second-order valence-electron chi connectivity index (χ2n) is 4.32. The molecule has 2 atom stereocenters. The van der Waals surface area contributed by atoms with Crippen molar-refractivity contribution in [2.45, 2.75) is 26.3 Å². The molecule has 1 aromatic rings. The fourth-order valence-electron chi connectivity index (χ4n) is 1.47. The molecular weight excluding hydrogens is 314 g/mol. The number of amides is 1. The number of nitrogens with zero attached hydrogens (tertiary/aromatic N) is 1. The summed E-state index contributed by atoms with van der Waals surface area (Å²) in [7, 11) is 0. The lowest BCUT2D eigenvalue weighted by atomic mass is 9.99. The topological polar surface area (TPSA) is 98.3 Å².